The molecule has 0 atom stereocenters. The van der Waals surface area contributed by atoms with Crippen LogP contribution in [-0.4, -0.2) is 42.4 Å². The van der Waals surface area contributed by atoms with E-state index in [1.54, 1.807) is 13.0 Å². The van der Waals surface area contributed by atoms with Gasteiger partial charge in [-0.3, -0.25) is 14.9 Å². The van der Waals surface area contributed by atoms with E-state index in [0.29, 0.717) is 44.5 Å². The largest absolute Gasteiger partial charge is 0.325 e. The van der Waals surface area contributed by atoms with E-state index < -0.39 is 14.9 Å². The van der Waals surface area contributed by atoms with Gasteiger partial charge in [0.25, 0.3) is 5.69 Å². The molecule has 1 aliphatic rings. The summed E-state index contributed by atoms with van der Waals surface area (Å²) in [6.07, 6.45) is 2.12. The zero-order chi connectivity index (χ0) is 22.4. The summed E-state index contributed by atoms with van der Waals surface area (Å²) < 4.78 is 26.8. The molecule has 0 bridgehead atoms. The number of hydrogen-bond acceptors (Lipinski definition) is 5. The molecule has 166 valence electrons. The van der Waals surface area contributed by atoms with Crippen LogP contribution in [0.2, 0.25) is 0 Å². The minimum absolute atomic E-state index is 0.0858. The number of aryl methyl sites for hydroxylation is 2. The molecule has 0 aliphatic carbocycles. The molecule has 3 rings (SSSR count). The monoisotopic (exact) mass is 445 g/mol. The Morgan fingerprint density at radius 3 is 2.48 bits per heavy atom. The molecular formula is C22H27N3O5S. The van der Waals surface area contributed by atoms with Gasteiger partial charge in [-0.25, -0.2) is 12.7 Å². The molecule has 2 aromatic carbocycles. The number of nitrogens with one attached hydrogen (secondary N) is 1. The third-order valence-electron chi connectivity index (χ3n) is 5.62. The molecule has 1 fully saturated rings. The first-order valence-electron chi connectivity index (χ1n) is 10.3. The second-order valence-corrected chi connectivity index (χ2v) is 9.91. The zero-order valence-corrected chi connectivity index (χ0v) is 18.3. The smallest absolute Gasteiger partial charge is 0.271 e. The average Bonchev–Trinajstić information content (AvgIpc) is 2.76. The van der Waals surface area contributed by atoms with Crippen molar-refractivity contribution in [1.29, 1.82) is 0 Å². The molecule has 2 aromatic rings. The predicted octanol–water partition coefficient (Wildman–Crippen LogP) is 3.52. The Morgan fingerprint density at radius 1 is 1.16 bits per heavy atom. The van der Waals surface area contributed by atoms with Crippen molar-refractivity contribution < 1.29 is 18.1 Å². The van der Waals surface area contributed by atoms with Crippen LogP contribution in [0.15, 0.2) is 48.5 Å². The molecular weight excluding hydrogens is 418 g/mol. The van der Waals surface area contributed by atoms with Crippen LogP contribution in [0.1, 0.15) is 30.4 Å². The van der Waals surface area contributed by atoms with Crippen molar-refractivity contribution in [2.45, 2.75) is 32.6 Å². The van der Waals surface area contributed by atoms with E-state index in [2.05, 4.69) is 5.32 Å². The topological polar surface area (TPSA) is 110 Å². The lowest BCUT2D eigenvalue weighted by Gasteiger charge is -2.30. The van der Waals surface area contributed by atoms with Crippen LogP contribution in [0.3, 0.4) is 0 Å². The van der Waals surface area contributed by atoms with Gasteiger partial charge in [0.1, 0.15) is 0 Å². The highest BCUT2D eigenvalue weighted by Gasteiger charge is 2.31. The highest BCUT2D eigenvalue weighted by molar-refractivity contribution is 7.89. The summed E-state index contributed by atoms with van der Waals surface area (Å²) >= 11 is 0. The molecule has 1 saturated heterocycles. The Hall–Kier alpha value is -2.78. The Kier molecular flexibility index (Phi) is 7.40. The van der Waals surface area contributed by atoms with Gasteiger partial charge in [-0.1, -0.05) is 36.4 Å². The van der Waals surface area contributed by atoms with Crippen molar-refractivity contribution in [2.75, 3.05) is 24.2 Å². The van der Waals surface area contributed by atoms with Crippen molar-refractivity contribution in [3.05, 3.63) is 69.8 Å². The third-order valence-corrected chi connectivity index (χ3v) is 7.58. The second kappa shape index (κ2) is 10.0. The van der Waals surface area contributed by atoms with Gasteiger partial charge in [-0.05, 0) is 43.7 Å². The van der Waals surface area contributed by atoms with Gasteiger partial charge < -0.3 is 5.32 Å². The summed E-state index contributed by atoms with van der Waals surface area (Å²) in [5.74, 6) is -0.467. The van der Waals surface area contributed by atoms with E-state index in [-0.39, 0.29) is 23.3 Å². The number of nitro groups is 1. The minimum atomic E-state index is -3.36. The zero-order valence-electron chi connectivity index (χ0n) is 17.5. The summed E-state index contributed by atoms with van der Waals surface area (Å²) in [4.78, 5) is 23.1. The van der Waals surface area contributed by atoms with Crippen molar-refractivity contribution >= 4 is 27.3 Å². The van der Waals surface area contributed by atoms with Gasteiger partial charge in [-0.2, -0.15) is 0 Å². The van der Waals surface area contributed by atoms with Crippen molar-refractivity contribution in [3.8, 4) is 0 Å². The number of benzene rings is 2. The van der Waals surface area contributed by atoms with E-state index in [0.717, 1.165) is 11.1 Å². The lowest BCUT2D eigenvalue weighted by atomic mass is 9.97. The van der Waals surface area contributed by atoms with Crippen LogP contribution in [0.4, 0.5) is 11.4 Å². The van der Waals surface area contributed by atoms with Crippen LogP contribution in [0.25, 0.3) is 0 Å². The van der Waals surface area contributed by atoms with Gasteiger partial charge >= 0.3 is 0 Å². The number of carbonyl (C=O) groups excluding carboxylic acids is 1. The van der Waals surface area contributed by atoms with Crippen molar-refractivity contribution in [3.63, 3.8) is 0 Å². The fourth-order valence-electron chi connectivity index (χ4n) is 3.72. The molecule has 31 heavy (non-hydrogen) atoms. The van der Waals surface area contributed by atoms with Crippen LogP contribution in [0, 0.1) is 23.0 Å². The molecule has 0 unspecified atom stereocenters. The van der Waals surface area contributed by atoms with Gasteiger partial charge in [0.15, 0.2) is 0 Å². The predicted molar refractivity (Wildman–Crippen MR) is 119 cm³/mol. The first-order chi connectivity index (χ1) is 14.8. The lowest BCUT2D eigenvalue weighted by molar-refractivity contribution is -0.384. The summed E-state index contributed by atoms with van der Waals surface area (Å²) in [5, 5.41) is 13.7. The molecule has 8 nitrogen and oxygen atoms in total. The van der Waals surface area contributed by atoms with E-state index in [9.17, 15) is 23.3 Å². The number of piperidine rings is 1. The van der Waals surface area contributed by atoms with Crippen LogP contribution < -0.4 is 5.32 Å². The molecule has 9 heteroatoms. The van der Waals surface area contributed by atoms with Crippen LogP contribution >= 0.6 is 0 Å². The Balaban J connectivity index is 1.51. The fraction of sp³-hybridized carbons (Fsp3) is 0.409. The van der Waals surface area contributed by atoms with Gasteiger partial charge in [0.05, 0.1) is 16.4 Å². The molecule has 1 N–H and O–H groups in total. The maximum Gasteiger partial charge on any atom is 0.271 e. The van der Waals surface area contributed by atoms with Gasteiger partial charge in [0, 0.05) is 31.1 Å². The number of nitro benzene ring substituents is 1. The lowest BCUT2D eigenvalue weighted by Crippen LogP contribution is -2.42. The summed E-state index contributed by atoms with van der Waals surface area (Å²) in [6.45, 7) is 2.38. The molecule has 1 amide bonds. The molecule has 1 heterocycles. The van der Waals surface area contributed by atoms with Crippen molar-refractivity contribution in [2.24, 2.45) is 5.92 Å². The molecule has 0 radical (unpaired) electrons. The van der Waals surface area contributed by atoms with E-state index in [1.807, 2.05) is 30.3 Å². The summed E-state index contributed by atoms with van der Waals surface area (Å²) in [6, 6.07) is 14.1. The fourth-order valence-corrected chi connectivity index (χ4v) is 5.26. The normalized spacial score (nSPS) is 15.5. The standard InChI is InChI=1S/C22H27N3O5S/c1-17-9-10-20(25(27)28)16-21(17)23-22(26)19-11-13-24(14-12-19)31(29,30)15-5-8-18-6-3-2-4-7-18/h2-4,6-7,9-10,16,19H,5,8,11-15H2,1H3,(H,23,26). The maximum atomic E-state index is 12.7. The Bertz CT molecular complexity index is 1030. The van der Waals surface area contributed by atoms with Gasteiger partial charge in [-0.15, -0.1) is 0 Å². The highest BCUT2D eigenvalue weighted by atomic mass is 32.2. The highest BCUT2D eigenvalue weighted by Crippen LogP contribution is 2.25. The number of anilines is 1. The summed E-state index contributed by atoms with van der Waals surface area (Å²) in [7, 11) is -3.36. The van der Waals surface area contributed by atoms with Crippen LogP contribution in [0.5, 0.6) is 0 Å². The summed E-state index contributed by atoms with van der Waals surface area (Å²) in [5.41, 5.74) is 2.18. The number of non-ortho nitro benzene ring substituents is 1. The first kappa shape index (κ1) is 22.9. The molecule has 1 aliphatic heterocycles. The maximum absolute atomic E-state index is 12.7. The van der Waals surface area contributed by atoms with E-state index >= 15 is 0 Å². The first-order valence-corrected chi connectivity index (χ1v) is 11.9. The molecule has 0 saturated carbocycles. The number of rotatable bonds is 8. The number of nitrogens with zero attached hydrogens (tertiary/aromatic N) is 2. The van der Waals surface area contributed by atoms with Crippen molar-refractivity contribution in [1.82, 2.24) is 4.31 Å². The third kappa shape index (κ3) is 6.11. The van der Waals surface area contributed by atoms with Crippen LogP contribution in [-0.2, 0) is 21.2 Å². The number of amides is 1. The molecule has 0 spiro atoms. The van der Waals surface area contributed by atoms with E-state index in [4.69, 9.17) is 0 Å². The van der Waals surface area contributed by atoms with Gasteiger partial charge in [0.2, 0.25) is 15.9 Å². The Morgan fingerprint density at radius 2 is 1.84 bits per heavy atom. The molecule has 0 aromatic heterocycles. The second-order valence-electron chi connectivity index (χ2n) is 7.82. The quantitative estimate of drug-likeness (QED) is 0.494. The number of sulfonamides is 1. The number of hydrogen-bond donors (Lipinski definition) is 1. The average molecular weight is 446 g/mol. The van der Waals surface area contributed by atoms with E-state index in [1.165, 1.54) is 16.4 Å². The minimum Gasteiger partial charge on any atom is -0.325 e. The SMILES string of the molecule is Cc1ccc([N+](=O)[O-])cc1NC(=O)C1CCN(S(=O)(=O)CCCc2ccccc2)CC1. The Labute approximate surface area is 182 Å². The number of carbonyl (C=O) groups is 1.